The van der Waals surface area contributed by atoms with Crippen LogP contribution in [0, 0.1) is 6.92 Å². The number of hydrogen-bond acceptors (Lipinski definition) is 2. The highest BCUT2D eigenvalue weighted by molar-refractivity contribution is 9.10. The van der Waals surface area contributed by atoms with E-state index in [0.29, 0.717) is 12.1 Å². The molecule has 0 aliphatic heterocycles. The average Bonchev–Trinajstić information content (AvgIpc) is 1.99. The zero-order valence-electron chi connectivity index (χ0n) is 6.15. The van der Waals surface area contributed by atoms with Crippen molar-refractivity contribution >= 4 is 15.9 Å². The predicted molar refractivity (Wildman–Crippen MR) is 47.4 cm³/mol. The molecule has 3 N–H and O–H groups in total. The molecule has 1 heterocycles. The standard InChI is InChI=1S/C7H9BrN2O/c1-4-5(2-9)6(8)3-10-7(4)11/h3H,2,9H2,1H3,(H,10,11). The minimum atomic E-state index is -0.0753. The monoisotopic (exact) mass is 216 g/mol. The summed E-state index contributed by atoms with van der Waals surface area (Å²) >= 11 is 3.29. The minimum Gasteiger partial charge on any atom is -0.328 e. The fraction of sp³-hybridized carbons (Fsp3) is 0.286. The van der Waals surface area contributed by atoms with Crippen molar-refractivity contribution in [3.8, 4) is 0 Å². The first-order valence-corrected chi connectivity index (χ1v) is 4.03. The third-order valence-electron chi connectivity index (χ3n) is 1.62. The Balaban J connectivity index is 3.41. The van der Waals surface area contributed by atoms with Crippen LogP contribution in [0.5, 0.6) is 0 Å². The molecular formula is C7H9BrN2O. The smallest absolute Gasteiger partial charge is 0.251 e. The van der Waals surface area contributed by atoms with Crippen LogP contribution in [0.2, 0.25) is 0 Å². The number of aromatic amines is 1. The zero-order chi connectivity index (χ0) is 8.43. The van der Waals surface area contributed by atoms with Crippen LogP contribution in [0.15, 0.2) is 15.5 Å². The van der Waals surface area contributed by atoms with Gasteiger partial charge in [-0.05, 0) is 28.4 Å². The van der Waals surface area contributed by atoms with E-state index in [1.807, 2.05) is 0 Å². The lowest BCUT2D eigenvalue weighted by Crippen LogP contribution is -2.14. The lowest BCUT2D eigenvalue weighted by Gasteiger charge is -2.02. The number of aromatic nitrogens is 1. The van der Waals surface area contributed by atoms with E-state index in [2.05, 4.69) is 20.9 Å². The summed E-state index contributed by atoms with van der Waals surface area (Å²) < 4.78 is 0.858. The van der Waals surface area contributed by atoms with E-state index in [9.17, 15) is 4.79 Å². The maximum absolute atomic E-state index is 11.0. The number of H-pyrrole nitrogens is 1. The molecule has 1 rings (SSSR count). The molecule has 0 aromatic carbocycles. The molecule has 1 aromatic heterocycles. The lowest BCUT2D eigenvalue weighted by atomic mass is 10.1. The fourth-order valence-corrected chi connectivity index (χ4v) is 1.46. The maximum Gasteiger partial charge on any atom is 0.251 e. The van der Waals surface area contributed by atoms with Gasteiger partial charge in [0, 0.05) is 22.8 Å². The van der Waals surface area contributed by atoms with Gasteiger partial charge in [0.1, 0.15) is 0 Å². The van der Waals surface area contributed by atoms with Crippen molar-refractivity contribution < 1.29 is 0 Å². The van der Waals surface area contributed by atoms with Crippen LogP contribution >= 0.6 is 15.9 Å². The van der Waals surface area contributed by atoms with Crippen LogP contribution in [0.1, 0.15) is 11.1 Å². The second kappa shape index (κ2) is 3.19. The molecule has 0 unspecified atom stereocenters. The largest absolute Gasteiger partial charge is 0.328 e. The molecule has 0 radical (unpaired) electrons. The highest BCUT2D eigenvalue weighted by Crippen LogP contribution is 2.14. The fourth-order valence-electron chi connectivity index (χ4n) is 0.891. The van der Waals surface area contributed by atoms with Crippen molar-refractivity contribution in [1.82, 2.24) is 4.98 Å². The average molecular weight is 217 g/mol. The van der Waals surface area contributed by atoms with Crippen LogP contribution in [0.4, 0.5) is 0 Å². The Morgan fingerprint density at radius 2 is 2.36 bits per heavy atom. The summed E-state index contributed by atoms with van der Waals surface area (Å²) in [6.45, 7) is 2.14. The molecule has 0 amide bonds. The van der Waals surface area contributed by atoms with E-state index in [-0.39, 0.29) is 5.56 Å². The summed E-state index contributed by atoms with van der Waals surface area (Å²) in [5, 5.41) is 0. The first-order valence-electron chi connectivity index (χ1n) is 3.23. The van der Waals surface area contributed by atoms with Gasteiger partial charge in [0.15, 0.2) is 0 Å². The summed E-state index contributed by atoms with van der Waals surface area (Å²) in [6.07, 6.45) is 1.61. The van der Waals surface area contributed by atoms with E-state index in [1.165, 1.54) is 0 Å². The Morgan fingerprint density at radius 1 is 1.73 bits per heavy atom. The van der Waals surface area contributed by atoms with Gasteiger partial charge in [0.05, 0.1) is 0 Å². The predicted octanol–water partition coefficient (Wildman–Crippen LogP) is 0.905. The lowest BCUT2D eigenvalue weighted by molar-refractivity contribution is 1.00. The number of hydrogen-bond donors (Lipinski definition) is 2. The molecule has 0 aliphatic carbocycles. The van der Waals surface area contributed by atoms with Crippen molar-refractivity contribution in [2.75, 3.05) is 0 Å². The van der Waals surface area contributed by atoms with Gasteiger partial charge < -0.3 is 10.7 Å². The topological polar surface area (TPSA) is 58.9 Å². The summed E-state index contributed by atoms with van der Waals surface area (Å²) in [5.74, 6) is 0. The SMILES string of the molecule is Cc1c(CN)c(Br)c[nH]c1=O. The molecule has 0 bridgehead atoms. The molecule has 1 aromatic rings. The number of halogens is 1. The van der Waals surface area contributed by atoms with Crippen molar-refractivity contribution in [1.29, 1.82) is 0 Å². The number of rotatable bonds is 1. The van der Waals surface area contributed by atoms with Gasteiger partial charge in [0.2, 0.25) is 0 Å². The van der Waals surface area contributed by atoms with Crippen LogP contribution in [-0.2, 0) is 6.54 Å². The summed E-state index contributed by atoms with van der Waals surface area (Å²) in [7, 11) is 0. The van der Waals surface area contributed by atoms with Gasteiger partial charge in [0.25, 0.3) is 5.56 Å². The molecule has 3 nitrogen and oxygen atoms in total. The summed E-state index contributed by atoms with van der Waals surface area (Å²) in [6, 6.07) is 0. The molecule has 0 saturated heterocycles. The Kier molecular flexibility index (Phi) is 2.46. The second-order valence-corrected chi connectivity index (χ2v) is 3.13. The third kappa shape index (κ3) is 1.52. The Morgan fingerprint density at radius 3 is 2.82 bits per heavy atom. The number of pyridine rings is 1. The van der Waals surface area contributed by atoms with E-state index < -0.39 is 0 Å². The molecular weight excluding hydrogens is 208 g/mol. The molecule has 60 valence electrons. The Hall–Kier alpha value is -0.610. The maximum atomic E-state index is 11.0. The number of nitrogens with one attached hydrogen (secondary N) is 1. The van der Waals surface area contributed by atoms with E-state index in [0.717, 1.165) is 10.0 Å². The van der Waals surface area contributed by atoms with Gasteiger partial charge in [-0.1, -0.05) is 0 Å². The molecule has 0 atom stereocenters. The van der Waals surface area contributed by atoms with Crippen molar-refractivity contribution in [2.24, 2.45) is 5.73 Å². The molecule has 0 aliphatic rings. The van der Waals surface area contributed by atoms with E-state index >= 15 is 0 Å². The highest BCUT2D eigenvalue weighted by atomic mass is 79.9. The minimum absolute atomic E-state index is 0.0753. The van der Waals surface area contributed by atoms with Crippen LogP contribution < -0.4 is 11.3 Å². The Labute approximate surface area is 72.7 Å². The van der Waals surface area contributed by atoms with Crippen molar-refractivity contribution in [3.05, 3.63) is 32.2 Å². The number of nitrogens with two attached hydrogens (primary N) is 1. The van der Waals surface area contributed by atoms with E-state index in [1.54, 1.807) is 13.1 Å². The molecule has 0 fully saturated rings. The highest BCUT2D eigenvalue weighted by Gasteiger charge is 2.03. The molecule has 0 saturated carbocycles. The third-order valence-corrected chi connectivity index (χ3v) is 2.32. The van der Waals surface area contributed by atoms with Gasteiger partial charge >= 0.3 is 0 Å². The van der Waals surface area contributed by atoms with E-state index in [4.69, 9.17) is 5.73 Å². The zero-order valence-corrected chi connectivity index (χ0v) is 7.73. The van der Waals surface area contributed by atoms with Crippen LogP contribution in [0.25, 0.3) is 0 Å². The first-order chi connectivity index (χ1) is 5.16. The Bertz CT molecular complexity index is 319. The molecule has 4 heteroatoms. The first kappa shape index (κ1) is 8.49. The molecule has 11 heavy (non-hydrogen) atoms. The van der Waals surface area contributed by atoms with Gasteiger partial charge in [-0.15, -0.1) is 0 Å². The van der Waals surface area contributed by atoms with Gasteiger partial charge in [-0.2, -0.15) is 0 Å². The van der Waals surface area contributed by atoms with Crippen molar-refractivity contribution in [2.45, 2.75) is 13.5 Å². The normalized spacial score (nSPS) is 10.1. The summed E-state index contributed by atoms with van der Waals surface area (Å²) in [4.78, 5) is 13.6. The van der Waals surface area contributed by atoms with Crippen molar-refractivity contribution in [3.63, 3.8) is 0 Å². The second-order valence-electron chi connectivity index (χ2n) is 2.27. The quantitative estimate of drug-likeness (QED) is 0.734. The molecule has 0 spiro atoms. The van der Waals surface area contributed by atoms with Crippen LogP contribution in [-0.4, -0.2) is 4.98 Å². The van der Waals surface area contributed by atoms with Crippen LogP contribution in [0.3, 0.4) is 0 Å². The summed E-state index contributed by atoms with van der Waals surface area (Å²) in [5.41, 5.74) is 6.91. The van der Waals surface area contributed by atoms with Gasteiger partial charge in [-0.3, -0.25) is 4.79 Å². The van der Waals surface area contributed by atoms with Gasteiger partial charge in [-0.25, -0.2) is 0 Å².